The Morgan fingerprint density at radius 1 is 1.22 bits per heavy atom. The second-order valence-corrected chi connectivity index (χ2v) is 6.35. The number of piperidine rings is 1. The first-order valence-electron chi connectivity index (χ1n) is 7.40. The number of amides is 1. The zero-order valence-corrected chi connectivity index (χ0v) is 12.8. The molecule has 0 aromatic rings. The third-order valence-electron chi connectivity index (χ3n) is 4.03. The molecular weight excluding hydrogens is 224 g/mol. The van der Waals surface area contributed by atoms with E-state index in [-0.39, 0.29) is 5.92 Å². The molecule has 1 saturated heterocycles. The van der Waals surface area contributed by atoms with Gasteiger partial charge in [-0.1, -0.05) is 13.8 Å². The molecule has 1 fully saturated rings. The van der Waals surface area contributed by atoms with E-state index in [1.54, 1.807) is 0 Å². The summed E-state index contributed by atoms with van der Waals surface area (Å²) >= 11 is 0. The molecule has 0 aliphatic carbocycles. The van der Waals surface area contributed by atoms with Crippen LogP contribution in [0, 0.1) is 11.8 Å². The van der Waals surface area contributed by atoms with E-state index in [0.717, 1.165) is 38.9 Å². The lowest BCUT2D eigenvalue weighted by Crippen LogP contribution is -2.43. The molecule has 1 heterocycles. The minimum atomic E-state index is 0.261. The topological polar surface area (TPSA) is 23.6 Å². The smallest absolute Gasteiger partial charge is 0.225 e. The zero-order chi connectivity index (χ0) is 13.7. The molecule has 0 spiro atoms. The molecule has 0 aromatic heterocycles. The average molecular weight is 254 g/mol. The van der Waals surface area contributed by atoms with Gasteiger partial charge in [0.2, 0.25) is 5.91 Å². The van der Waals surface area contributed by atoms with Crippen molar-refractivity contribution in [1.29, 1.82) is 0 Å². The van der Waals surface area contributed by atoms with Crippen molar-refractivity contribution in [1.82, 2.24) is 9.80 Å². The number of carbonyl (C=O) groups excluding carboxylic acids is 1. The number of hydrogen-bond acceptors (Lipinski definition) is 2. The predicted octanol–water partition coefficient (Wildman–Crippen LogP) is 2.61. The highest BCUT2D eigenvalue weighted by atomic mass is 16.2. The van der Waals surface area contributed by atoms with Crippen LogP contribution in [0.4, 0.5) is 0 Å². The Balaban J connectivity index is 2.35. The second-order valence-electron chi connectivity index (χ2n) is 6.35. The Morgan fingerprint density at radius 2 is 1.78 bits per heavy atom. The maximum atomic E-state index is 12.3. The van der Waals surface area contributed by atoms with Crippen molar-refractivity contribution < 1.29 is 4.79 Å². The molecule has 1 amide bonds. The fraction of sp³-hybridized carbons (Fsp3) is 0.933. The molecule has 0 bridgehead atoms. The summed E-state index contributed by atoms with van der Waals surface area (Å²) in [7, 11) is 1.96. The highest BCUT2D eigenvalue weighted by molar-refractivity contribution is 5.78. The second kappa shape index (κ2) is 7.13. The molecule has 0 saturated carbocycles. The normalized spacial score (nSPS) is 18.6. The van der Waals surface area contributed by atoms with Crippen LogP contribution < -0.4 is 0 Å². The molecule has 0 atom stereocenters. The summed E-state index contributed by atoms with van der Waals surface area (Å²) in [5.74, 6) is 1.29. The van der Waals surface area contributed by atoms with Crippen LogP contribution in [0.1, 0.15) is 47.0 Å². The summed E-state index contributed by atoms with van der Waals surface area (Å²) < 4.78 is 0. The van der Waals surface area contributed by atoms with Gasteiger partial charge in [0.05, 0.1) is 0 Å². The Morgan fingerprint density at radius 3 is 2.22 bits per heavy atom. The SMILES string of the molecule is CC(C)CCN(C)C(=O)C1CCN(C(C)C)CC1. The molecule has 3 heteroatoms. The van der Waals surface area contributed by atoms with Gasteiger partial charge in [0.1, 0.15) is 0 Å². The van der Waals surface area contributed by atoms with E-state index in [9.17, 15) is 4.79 Å². The van der Waals surface area contributed by atoms with E-state index >= 15 is 0 Å². The first-order valence-corrected chi connectivity index (χ1v) is 7.40. The molecule has 0 radical (unpaired) electrons. The number of carbonyl (C=O) groups is 1. The van der Waals surface area contributed by atoms with Crippen LogP contribution >= 0.6 is 0 Å². The van der Waals surface area contributed by atoms with Crippen LogP contribution in [-0.2, 0) is 4.79 Å². The Labute approximate surface area is 113 Å². The summed E-state index contributed by atoms with van der Waals surface area (Å²) in [5.41, 5.74) is 0. The van der Waals surface area contributed by atoms with Gasteiger partial charge in [0.25, 0.3) is 0 Å². The first kappa shape index (κ1) is 15.5. The Hall–Kier alpha value is -0.570. The van der Waals surface area contributed by atoms with Gasteiger partial charge in [-0.2, -0.15) is 0 Å². The van der Waals surface area contributed by atoms with Crippen molar-refractivity contribution in [3.8, 4) is 0 Å². The van der Waals surface area contributed by atoms with Crippen molar-refractivity contribution in [2.75, 3.05) is 26.7 Å². The third kappa shape index (κ3) is 4.60. The summed E-state index contributed by atoms with van der Waals surface area (Å²) in [6, 6.07) is 0.611. The molecular formula is C15H30N2O. The van der Waals surface area contributed by atoms with E-state index in [4.69, 9.17) is 0 Å². The molecule has 3 nitrogen and oxygen atoms in total. The van der Waals surface area contributed by atoms with Gasteiger partial charge >= 0.3 is 0 Å². The van der Waals surface area contributed by atoms with Crippen molar-refractivity contribution >= 4 is 5.91 Å². The maximum absolute atomic E-state index is 12.3. The molecule has 0 aromatic carbocycles. The average Bonchev–Trinajstić information content (AvgIpc) is 2.35. The van der Waals surface area contributed by atoms with E-state index in [1.807, 2.05) is 11.9 Å². The molecule has 106 valence electrons. The van der Waals surface area contributed by atoms with Crippen molar-refractivity contribution in [3.05, 3.63) is 0 Å². The van der Waals surface area contributed by atoms with Gasteiger partial charge in [0, 0.05) is 25.6 Å². The van der Waals surface area contributed by atoms with Crippen molar-refractivity contribution in [2.24, 2.45) is 11.8 Å². The van der Waals surface area contributed by atoms with E-state index < -0.39 is 0 Å². The van der Waals surface area contributed by atoms with Crippen molar-refractivity contribution in [2.45, 2.75) is 53.0 Å². The minimum Gasteiger partial charge on any atom is -0.346 e. The fourth-order valence-corrected chi connectivity index (χ4v) is 2.54. The number of likely N-dealkylation sites (tertiary alicyclic amines) is 1. The van der Waals surface area contributed by atoms with Gasteiger partial charge in [-0.15, -0.1) is 0 Å². The number of rotatable bonds is 5. The van der Waals surface area contributed by atoms with Crippen LogP contribution in [0.15, 0.2) is 0 Å². The van der Waals surface area contributed by atoms with Gasteiger partial charge in [-0.3, -0.25) is 4.79 Å². The number of hydrogen-bond donors (Lipinski definition) is 0. The summed E-state index contributed by atoms with van der Waals surface area (Å²) in [6.45, 7) is 11.9. The molecule has 1 rings (SSSR count). The minimum absolute atomic E-state index is 0.261. The number of nitrogens with zero attached hydrogens (tertiary/aromatic N) is 2. The largest absolute Gasteiger partial charge is 0.346 e. The molecule has 0 N–H and O–H groups in total. The van der Waals surface area contributed by atoms with Gasteiger partial charge in [-0.25, -0.2) is 0 Å². The summed E-state index contributed by atoms with van der Waals surface area (Å²) in [6.07, 6.45) is 3.17. The van der Waals surface area contributed by atoms with Crippen LogP contribution in [0.2, 0.25) is 0 Å². The zero-order valence-electron chi connectivity index (χ0n) is 12.8. The highest BCUT2D eigenvalue weighted by Gasteiger charge is 2.27. The maximum Gasteiger partial charge on any atom is 0.225 e. The van der Waals surface area contributed by atoms with Gasteiger partial charge in [0.15, 0.2) is 0 Å². The highest BCUT2D eigenvalue weighted by Crippen LogP contribution is 2.21. The standard InChI is InChI=1S/C15H30N2O/c1-12(2)6-9-16(5)15(18)14-7-10-17(11-8-14)13(3)4/h12-14H,6-11H2,1-5H3. The lowest BCUT2D eigenvalue weighted by Gasteiger charge is -2.35. The van der Waals surface area contributed by atoms with Gasteiger partial charge < -0.3 is 9.80 Å². The summed E-state index contributed by atoms with van der Waals surface area (Å²) in [4.78, 5) is 16.7. The Kier molecular flexibility index (Phi) is 6.13. The lowest BCUT2D eigenvalue weighted by atomic mass is 9.94. The quantitative estimate of drug-likeness (QED) is 0.753. The van der Waals surface area contributed by atoms with Gasteiger partial charge in [-0.05, 0) is 52.1 Å². The van der Waals surface area contributed by atoms with Crippen LogP contribution in [0.25, 0.3) is 0 Å². The lowest BCUT2D eigenvalue weighted by molar-refractivity contribution is -0.136. The predicted molar refractivity (Wildman–Crippen MR) is 76.5 cm³/mol. The van der Waals surface area contributed by atoms with E-state index in [2.05, 4.69) is 32.6 Å². The first-order chi connectivity index (χ1) is 8.41. The monoisotopic (exact) mass is 254 g/mol. The van der Waals surface area contributed by atoms with Crippen LogP contribution in [0.3, 0.4) is 0 Å². The van der Waals surface area contributed by atoms with E-state index in [0.29, 0.717) is 17.9 Å². The molecule has 1 aliphatic heterocycles. The fourth-order valence-electron chi connectivity index (χ4n) is 2.54. The molecule has 18 heavy (non-hydrogen) atoms. The van der Waals surface area contributed by atoms with Crippen LogP contribution in [0.5, 0.6) is 0 Å². The van der Waals surface area contributed by atoms with E-state index in [1.165, 1.54) is 0 Å². The summed E-state index contributed by atoms with van der Waals surface area (Å²) in [5, 5.41) is 0. The molecule has 0 unspecified atom stereocenters. The van der Waals surface area contributed by atoms with Crippen LogP contribution in [-0.4, -0.2) is 48.4 Å². The molecule has 1 aliphatic rings. The third-order valence-corrected chi connectivity index (χ3v) is 4.03. The van der Waals surface area contributed by atoms with Crippen molar-refractivity contribution in [3.63, 3.8) is 0 Å². The Bertz CT molecular complexity index is 255.